The van der Waals surface area contributed by atoms with E-state index in [0.29, 0.717) is 11.3 Å². The molecule has 4 aromatic rings. The number of hydrogen-bond acceptors (Lipinski definition) is 6. The van der Waals surface area contributed by atoms with E-state index < -0.39 is 0 Å². The van der Waals surface area contributed by atoms with Crippen molar-refractivity contribution in [3.8, 4) is 11.3 Å². The average Bonchev–Trinajstić information content (AvgIpc) is 3.39. The summed E-state index contributed by atoms with van der Waals surface area (Å²) in [7, 11) is 0. The fraction of sp³-hybridized carbons (Fsp3) is 0.250. The van der Waals surface area contributed by atoms with Gasteiger partial charge in [0, 0.05) is 31.1 Å². The molecule has 0 radical (unpaired) electrons. The minimum Gasteiger partial charge on any atom is -0.464 e. The number of carbonyl (C=O) groups excluding carboxylic acids is 1. The molecule has 3 N–H and O–H groups in total. The number of likely N-dealkylation sites (tertiary alicyclic amines) is 1. The summed E-state index contributed by atoms with van der Waals surface area (Å²) in [4.78, 5) is 15.5. The third kappa shape index (κ3) is 3.92. The first kappa shape index (κ1) is 19.4. The van der Waals surface area contributed by atoms with E-state index in [-0.39, 0.29) is 23.4 Å². The van der Waals surface area contributed by atoms with Crippen LogP contribution in [0.2, 0.25) is 0 Å². The summed E-state index contributed by atoms with van der Waals surface area (Å²) in [6.07, 6.45) is 3.35. The van der Waals surface area contributed by atoms with Crippen LogP contribution < -0.4 is 11.1 Å². The lowest BCUT2D eigenvalue weighted by Gasteiger charge is -2.32. The van der Waals surface area contributed by atoms with Gasteiger partial charge in [-0.1, -0.05) is 53.7 Å². The molecule has 2 aromatic heterocycles. The van der Waals surface area contributed by atoms with Gasteiger partial charge in [-0.05, 0) is 24.5 Å². The minimum absolute atomic E-state index is 0.0132. The van der Waals surface area contributed by atoms with Crippen molar-refractivity contribution >= 4 is 22.8 Å². The summed E-state index contributed by atoms with van der Waals surface area (Å²) < 4.78 is 10.8. The Morgan fingerprint density at radius 1 is 1.10 bits per heavy atom. The lowest BCUT2D eigenvalue weighted by Crippen LogP contribution is -2.44. The van der Waals surface area contributed by atoms with Crippen molar-refractivity contribution in [2.75, 3.05) is 18.8 Å². The number of rotatable bonds is 5. The Hall–Kier alpha value is -3.58. The van der Waals surface area contributed by atoms with E-state index in [1.54, 1.807) is 6.26 Å². The van der Waals surface area contributed by atoms with Crippen LogP contribution in [0.15, 0.2) is 69.8 Å². The predicted octanol–water partition coefficient (Wildman–Crippen LogP) is 4.06. The van der Waals surface area contributed by atoms with E-state index in [9.17, 15) is 4.79 Å². The fourth-order valence-corrected chi connectivity index (χ4v) is 4.20. The molecule has 0 bridgehead atoms. The smallest absolute Gasteiger partial charge is 0.259 e. The summed E-state index contributed by atoms with van der Waals surface area (Å²) in [6.45, 7) is 2.79. The molecule has 1 fully saturated rings. The van der Waals surface area contributed by atoms with E-state index in [1.807, 2.05) is 30.3 Å². The lowest BCUT2D eigenvalue weighted by atomic mass is 10.0. The second-order valence-electron chi connectivity index (χ2n) is 7.93. The second kappa shape index (κ2) is 8.28. The number of carbonyl (C=O) groups is 1. The molecule has 1 aliphatic rings. The monoisotopic (exact) mass is 416 g/mol. The Kier molecular flexibility index (Phi) is 5.18. The highest BCUT2D eigenvalue weighted by Crippen LogP contribution is 2.34. The van der Waals surface area contributed by atoms with E-state index in [4.69, 9.17) is 14.7 Å². The van der Waals surface area contributed by atoms with Gasteiger partial charge in [0.05, 0.1) is 5.56 Å². The van der Waals surface area contributed by atoms with Crippen LogP contribution in [0.25, 0.3) is 22.2 Å². The molecular weight excluding hydrogens is 392 g/mol. The first-order valence-electron chi connectivity index (χ1n) is 10.5. The van der Waals surface area contributed by atoms with E-state index in [0.717, 1.165) is 43.4 Å². The van der Waals surface area contributed by atoms with Crippen LogP contribution in [0.3, 0.4) is 0 Å². The molecule has 3 heterocycles. The number of piperidine rings is 1. The highest BCUT2D eigenvalue weighted by Gasteiger charge is 2.28. The van der Waals surface area contributed by atoms with E-state index >= 15 is 0 Å². The number of benzene rings is 2. The summed E-state index contributed by atoms with van der Waals surface area (Å²) in [5.74, 6) is -0.250. The number of fused-ring (bicyclic) bond motifs is 1. The molecule has 0 unspecified atom stereocenters. The molecule has 2 aromatic carbocycles. The van der Waals surface area contributed by atoms with Gasteiger partial charge in [-0.3, -0.25) is 9.69 Å². The number of aromatic nitrogens is 1. The van der Waals surface area contributed by atoms with Crippen molar-refractivity contribution in [1.82, 2.24) is 15.4 Å². The first-order chi connectivity index (χ1) is 15.2. The van der Waals surface area contributed by atoms with Crippen molar-refractivity contribution in [3.63, 3.8) is 0 Å². The van der Waals surface area contributed by atoms with Crippen LogP contribution in [-0.4, -0.2) is 35.1 Å². The summed E-state index contributed by atoms with van der Waals surface area (Å²) in [5.41, 5.74) is 9.36. The maximum absolute atomic E-state index is 13.1. The molecule has 7 nitrogen and oxygen atoms in total. The predicted molar refractivity (Wildman–Crippen MR) is 118 cm³/mol. The number of para-hydroxylation sites is 1. The van der Waals surface area contributed by atoms with Crippen molar-refractivity contribution in [2.45, 2.75) is 25.4 Å². The Bertz CT molecular complexity index is 1190. The van der Waals surface area contributed by atoms with E-state index in [1.165, 1.54) is 5.56 Å². The van der Waals surface area contributed by atoms with Gasteiger partial charge >= 0.3 is 0 Å². The molecule has 158 valence electrons. The Morgan fingerprint density at radius 2 is 1.84 bits per heavy atom. The van der Waals surface area contributed by atoms with Gasteiger partial charge in [-0.2, -0.15) is 0 Å². The summed E-state index contributed by atoms with van der Waals surface area (Å²) >= 11 is 0. The lowest BCUT2D eigenvalue weighted by molar-refractivity contribution is 0.0910. The maximum Gasteiger partial charge on any atom is 0.259 e. The minimum atomic E-state index is -0.263. The Balaban J connectivity index is 1.27. The van der Waals surface area contributed by atoms with Gasteiger partial charge < -0.3 is 20.0 Å². The van der Waals surface area contributed by atoms with Crippen molar-refractivity contribution in [2.24, 2.45) is 0 Å². The van der Waals surface area contributed by atoms with Crippen LogP contribution in [0, 0.1) is 0 Å². The number of nitrogens with two attached hydrogens (primary N) is 1. The van der Waals surface area contributed by atoms with Crippen LogP contribution in [0.1, 0.15) is 28.8 Å². The topological polar surface area (TPSA) is 97.5 Å². The maximum atomic E-state index is 13.1. The SMILES string of the molecule is Nc1onc(-c2coc3ccccc23)c1C(=O)NC1CCN(Cc2ccccc2)CC1. The van der Waals surface area contributed by atoms with Gasteiger partial charge in [0.1, 0.15) is 23.1 Å². The number of hydrogen-bond donors (Lipinski definition) is 2. The summed E-state index contributed by atoms with van der Waals surface area (Å²) in [6, 6.07) is 18.1. The summed E-state index contributed by atoms with van der Waals surface area (Å²) in [5, 5.41) is 8.03. The molecular formula is C24H24N4O3. The number of anilines is 1. The third-order valence-corrected chi connectivity index (χ3v) is 5.85. The fourth-order valence-electron chi connectivity index (χ4n) is 4.20. The van der Waals surface area contributed by atoms with Crippen LogP contribution in [0.5, 0.6) is 0 Å². The number of nitrogens with zero attached hydrogens (tertiary/aromatic N) is 2. The molecule has 5 rings (SSSR count). The number of furan rings is 1. The molecule has 7 heteroatoms. The molecule has 0 saturated carbocycles. The van der Waals surface area contributed by atoms with Crippen molar-refractivity contribution in [3.05, 3.63) is 72.0 Å². The Morgan fingerprint density at radius 3 is 2.65 bits per heavy atom. The molecule has 0 spiro atoms. The second-order valence-corrected chi connectivity index (χ2v) is 7.93. The van der Waals surface area contributed by atoms with Gasteiger partial charge in [0.15, 0.2) is 0 Å². The van der Waals surface area contributed by atoms with E-state index in [2.05, 4.69) is 39.6 Å². The van der Waals surface area contributed by atoms with Gasteiger partial charge in [0.2, 0.25) is 5.88 Å². The zero-order chi connectivity index (χ0) is 21.2. The Labute approximate surface area is 179 Å². The van der Waals surface area contributed by atoms with Gasteiger partial charge in [-0.25, -0.2) is 0 Å². The molecule has 1 saturated heterocycles. The third-order valence-electron chi connectivity index (χ3n) is 5.85. The molecule has 1 aliphatic heterocycles. The van der Waals surface area contributed by atoms with Crippen LogP contribution >= 0.6 is 0 Å². The quantitative estimate of drug-likeness (QED) is 0.509. The number of nitrogens with one attached hydrogen (secondary N) is 1. The largest absolute Gasteiger partial charge is 0.464 e. The van der Waals surface area contributed by atoms with Gasteiger partial charge in [0.25, 0.3) is 5.91 Å². The zero-order valence-corrected chi connectivity index (χ0v) is 17.1. The molecule has 0 atom stereocenters. The van der Waals surface area contributed by atoms with Crippen LogP contribution in [0.4, 0.5) is 5.88 Å². The standard InChI is InChI=1S/C24H24N4O3/c25-23-21(22(27-31-23)19-15-30-20-9-5-4-8-18(19)20)24(29)26-17-10-12-28(13-11-17)14-16-6-2-1-3-7-16/h1-9,15,17H,10-14,25H2,(H,26,29). The van der Waals surface area contributed by atoms with Gasteiger partial charge in [-0.15, -0.1) is 0 Å². The molecule has 31 heavy (non-hydrogen) atoms. The number of amides is 1. The van der Waals surface area contributed by atoms with Crippen molar-refractivity contribution in [1.29, 1.82) is 0 Å². The highest BCUT2D eigenvalue weighted by molar-refractivity contribution is 6.07. The molecule has 0 aliphatic carbocycles. The molecule has 1 amide bonds. The van der Waals surface area contributed by atoms with Crippen LogP contribution in [-0.2, 0) is 6.54 Å². The first-order valence-corrected chi connectivity index (χ1v) is 10.5. The highest BCUT2D eigenvalue weighted by atomic mass is 16.5. The van der Waals surface area contributed by atoms with Crippen molar-refractivity contribution < 1.29 is 13.7 Å². The average molecular weight is 416 g/mol. The zero-order valence-electron chi connectivity index (χ0n) is 17.1. The number of nitrogen functional groups attached to an aromatic ring is 1. The normalized spacial score (nSPS) is 15.4.